The number of para-hydroxylation sites is 1. The third-order valence-corrected chi connectivity index (χ3v) is 3.57. The van der Waals surface area contributed by atoms with Crippen LogP contribution in [0.15, 0.2) is 30.3 Å². The number of nitrogens with two attached hydrogens (primary N) is 1. The molecule has 0 radical (unpaired) electrons. The maximum absolute atomic E-state index is 14.0. The smallest absolute Gasteiger partial charge is 0.322 e. The van der Waals surface area contributed by atoms with Gasteiger partial charge in [-0.3, -0.25) is 4.79 Å². The Kier molecular flexibility index (Phi) is 4.43. The van der Waals surface area contributed by atoms with Crippen LogP contribution in [0.1, 0.15) is 17.0 Å². The molecule has 0 amide bonds. The largest absolute Gasteiger partial charge is 0.468 e. The fourth-order valence-corrected chi connectivity index (χ4v) is 2.51. The summed E-state index contributed by atoms with van der Waals surface area (Å²) in [7, 11) is 1.31. The van der Waals surface area contributed by atoms with Crippen molar-refractivity contribution in [2.75, 3.05) is 7.11 Å². The summed E-state index contributed by atoms with van der Waals surface area (Å²) in [5.74, 6) is -0.742. The van der Waals surface area contributed by atoms with Crippen molar-refractivity contribution < 1.29 is 13.9 Å². The third-order valence-electron chi connectivity index (χ3n) is 3.57. The van der Waals surface area contributed by atoms with E-state index in [0.29, 0.717) is 12.1 Å². The van der Waals surface area contributed by atoms with E-state index in [0.717, 1.165) is 17.0 Å². The molecule has 0 saturated carbocycles. The molecule has 0 aliphatic heterocycles. The lowest BCUT2D eigenvalue weighted by Crippen LogP contribution is -2.33. The third kappa shape index (κ3) is 2.97. The molecule has 1 atom stereocenters. The van der Waals surface area contributed by atoms with Crippen LogP contribution in [0.2, 0.25) is 0 Å². The Balaban J connectivity index is 2.39. The topological polar surface area (TPSA) is 57.2 Å². The van der Waals surface area contributed by atoms with Gasteiger partial charge in [0.1, 0.15) is 11.9 Å². The monoisotopic (exact) mass is 290 g/mol. The van der Waals surface area contributed by atoms with Crippen molar-refractivity contribution in [1.82, 2.24) is 4.57 Å². The average molecular weight is 290 g/mol. The number of hydrogen-bond acceptors (Lipinski definition) is 3. The summed E-state index contributed by atoms with van der Waals surface area (Å²) in [6, 6.07) is 7.79. The number of carbonyl (C=O) groups excluding carboxylic acids is 1. The van der Waals surface area contributed by atoms with E-state index in [2.05, 4.69) is 4.74 Å². The van der Waals surface area contributed by atoms with E-state index >= 15 is 0 Å². The Labute approximate surface area is 123 Å². The summed E-state index contributed by atoms with van der Waals surface area (Å²) in [4.78, 5) is 11.4. The van der Waals surface area contributed by atoms with Crippen molar-refractivity contribution in [3.63, 3.8) is 0 Å². The van der Waals surface area contributed by atoms with Crippen molar-refractivity contribution in [3.05, 3.63) is 53.1 Å². The summed E-state index contributed by atoms with van der Waals surface area (Å²) in [5.41, 5.74) is 8.97. The molecule has 0 saturated heterocycles. The molecule has 21 heavy (non-hydrogen) atoms. The highest BCUT2D eigenvalue weighted by Crippen LogP contribution is 2.23. The number of hydrogen-bond donors (Lipinski definition) is 1. The lowest BCUT2D eigenvalue weighted by Gasteiger charge is -2.12. The molecule has 0 bridgehead atoms. The molecular formula is C16H19FN2O2. The number of ether oxygens (including phenoxy) is 1. The van der Waals surface area contributed by atoms with Crippen molar-refractivity contribution in [2.24, 2.45) is 5.73 Å². The molecule has 112 valence electrons. The second-order valence-electron chi connectivity index (χ2n) is 5.02. The molecule has 0 aliphatic rings. The summed E-state index contributed by atoms with van der Waals surface area (Å²) in [6.07, 6.45) is 0.362. The van der Waals surface area contributed by atoms with Gasteiger partial charge in [-0.25, -0.2) is 4.39 Å². The van der Waals surface area contributed by atoms with Crippen LogP contribution in [-0.2, 0) is 16.0 Å². The maximum atomic E-state index is 14.0. The normalized spacial score (nSPS) is 12.2. The maximum Gasteiger partial charge on any atom is 0.322 e. The lowest BCUT2D eigenvalue weighted by atomic mass is 10.1. The van der Waals surface area contributed by atoms with Crippen molar-refractivity contribution in [3.8, 4) is 5.69 Å². The average Bonchev–Trinajstić information content (AvgIpc) is 2.73. The van der Waals surface area contributed by atoms with Crippen LogP contribution in [-0.4, -0.2) is 23.7 Å². The summed E-state index contributed by atoms with van der Waals surface area (Å²) in [6.45, 7) is 3.78. The van der Waals surface area contributed by atoms with E-state index in [4.69, 9.17) is 5.73 Å². The van der Waals surface area contributed by atoms with Crippen molar-refractivity contribution in [1.29, 1.82) is 0 Å². The van der Waals surface area contributed by atoms with Gasteiger partial charge in [0.2, 0.25) is 0 Å². The fourth-order valence-electron chi connectivity index (χ4n) is 2.51. The van der Waals surface area contributed by atoms with Gasteiger partial charge in [-0.1, -0.05) is 12.1 Å². The van der Waals surface area contributed by atoms with Crippen LogP contribution in [0.5, 0.6) is 0 Å². The van der Waals surface area contributed by atoms with Crippen LogP contribution in [0.25, 0.3) is 5.69 Å². The predicted molar refractivity (Wildman–Crippen MR) is 78.9 cm³/mol. The number of rotatable bonds is 4. The number of aromatic nitrogens is 1. The Bertz CT molecular complexity index is 664. The summed E-state index contributed by atoms with van der Waals surface area (Å²) in [5, 5.41) is 0. The molecule has 2 rings (SSSR count). The molecular weight excluding hydrogens is 271 g/mol. The molecule has 2 N–H and O–H groups in total. The lowest BCUT2D eigenvalue weighted by molar-refractivity contribution is -0.142. The highest BCUT2D eigenvalue weighted by molar-refractivity contribution is 5.75. The van der Waals surface area contributed by atoms with Gasteiger partial charge in [-0.2, -0.15) is 0 Å². The number of aryl methyl sites for hydroxylation is 1. The number of carbonyl (C=O) groups is 1. The van der Waals surface area contributed by atoms with E-state index in [1.54, 1.807) is 18.2 Å². The van der Waals surface area contributed by atoms with Crippen LogP contribution >= 0.6 is 0 Å². The Morgan fingerprint density at radius 2 is 2.05 bits per heavy atom. The van der Waals surface area contributed by atoms with E-state index in [1.807, 2.05) is 24.5 Å². The first-order chi connectivity index (χ1) is 9.95. The molecule has 1 aromatic carbocycles. The van der Waals surface area contributed by atoms with Gasteiger partial charge in [0.25, 0.3) is 0 Å². The predicted octanol–water partition coefficient (Wildman–Crippen LogP) is 2.28. The zero-order valence-electron chi connectivity index (χ0n) is 12.4. The van der Waals surface area contributed by atoms with Crippen LogP contribution in [0.3, 0.4) is 0 Å². The minimum atomic E-state index is -0.718. The molecule has 0 spiro atoms. The minimum Gasteiger partial charge on any atom is -0.468 e. The Morgan fingerprint density at radius 3 is 2.67 bits per heavy atom. The first-order valence-corrected chi connectivity index (χ1v) is 6.71. The fraction of sp³-hybridized carbons (Fsp3) is 0.312. The summed E-state index contributed by atoms with van der Waals surface area (Å²) >= 11 is 0. The molecule has 5 heteroatoms. The van der Waals surface area contributed by atoms with E-state index < -0.39 is 12.0 Å². The van der Waals surface area contributed by atoms with Gasteiger partial charge < -0.3 is 15.0 Å². The minimum absolute atomic E-state index is 0.289. The van der Waals surface area contributed by atoms with E-state index in [1.165, 1.54) is 13.2 Å². The highest BCUT2D eigenvalue weighted by Gasteiger charge is 2.19. The molecule has 1 heterocycles. The first kappa shape index (κ1) is 15.3. The van der Waals surface area contributed by atoms with E-state index in [9.17, 15) is 9.18 Å². The van der Waals surface area contributed by atoms with Crippen molar-refractivity contribution >= 4 is 5.97 Å². The van der Waals surface area contributed by atoms with Gasteiger partial charge in [-0.15, -0.1) is 0 Å². The molecule has 1 aromatic heterocycles. The molecule has 0 fully saturated rings. The number of methoxy groups -OCH3 is 1. The van der Waals surface area contributed by atoms with E-state index in [-0.39, 0.29) is 5.82 Å². The zero-order valence-corrected chi connectivity index (χ0v) is 12.4. The second kappa shape index (κ2) is 6.10. The molecule has 4 nitrogen and oxygen atoms in total. The standard InChI is InChI=1S/C16H19FN2O2/c1-10-8-12(9-14(18)16(20)21-3)11(2)19(10)15-7-5-4-6-13(15)17/h4-8,14H,9,18H2,1-3H3. The first-order valence-electron chi connectivity index (χ1n) is 6.71. The van der Waals surface area contributed by atoms with Crippen LogP contribution < -0.4 is 5.73 Å². The number of esters is 1. The van der Waals surface area contributed by atoms with Crippen molar-refractivity contribution in [2.45, 2.75) is 26.3 Å². The van der Waals surface area contributed by atoms with Gasteiger partial charge >= 0.3 is 5.97 Å². The van der Waals surface area contributed by atoms with Crippen LogP contribution in [0.4, 0.5) is 4.39 Å². The highest BCUT2D eigenvalue weighted by atomic mass is 19.1. The second-order valence-corrected chi connectivity index (χ2v) is 5.02. The molecule has 1 unspecified atom stereocenters. The Morgan fingerprint density at radius 1 is 1.38 bits per heavy atom. The van der Waals surface area contributed by atoms with Gasteiger partial charge in [0.05, 0.1) is 12.8 Å². The molecule has 0 aliphatic carbocycles. The quantitative estimate of drug-likeness (QED) is 0.879. The van der Waals surface area contributed by atoms with Gasteiger partial charge in [0.15, 0.2) is 0 Å². The number of nitrogens with zero attached hydrogens (tertiary/aromatic N) is 1. The van der Waals surface area contributed by atoms with Gasteiger partial charge in [-0.05, 0) is 37.6 Å². The number of benzene rings is 1. The zero-order chi connectivity index (χ0) is 15.6. The summed E-state index contributed by atoms with van der Waals surface area (Å²) < 4.78 is 20.4. The van der Waals surface area contributed by atoms with Gasteiger partial charge in [0, 0.05) is 17.8 Å². The molecule has 2 aromatic rings. The SMILES string of the molecule is COC(=O)C(N)Cc1cc(C)n(-c2ccccc2F)c1C. The number of halogens is 1. The van der Waals surface area contributed by atoms with Crippen LogP contribution in [0, 0.1) is 19.7 Å². The Hall–Kier alpha value is -2.14.